The quantitative estimate of drug-likeness (QED) is 0.0262. The minimum atomic E-state index is -0.772. The van der Waals surface area contributed by atoms with E-state index in [0.29, 0.717) is 19.3 Å². The van der Waals surface area contributed by atoms with Crippen LogP contribution in [0, 0.1) is 0 Å². The molecule has 0 rings (SSSR count). The fraction of sp³-hybridized carbons (Fsp3) is 0.794. The molecule has 0 aromatic carbocycles. The Hall–Kier alpha value is -2.89. The Kier molecular flexibility index (Phi) is 55.3. The highest BCUT2D eigenvalue weighted by Gasteiger charge is 2.19. The highest BCUT2D eigenvalue weighted by Crippen LogP contribution is 2.17. The number of esters is 3. The van der Waals surface area contributed by atoms with Gasteiger partial charge in [-0.1, -0.05) is 268 Å². The van der Waals surface area contributed by atoms with Gasteiger partial charge < -0.3 is 14.2 Å². The number of hydrogen-bond acceptors (Lipinski definition) is 6. The summed E-state index contributed by atoms with van der Waals surface area (Å²) in [4.78, 5) is 38.0. The van der Waals surface area contributed by atoms with Gasteiger partial charge >= 0.3 is 17.9 Å². The first-order chi connectivity index (χ1) is 34.0. The molecule has 0 radical (unpaired) electrons. The van der Waals surface area contributed by atoms with Crippen LogP contribution in [0.5, 0.6) is 0 Å². The number of carbonyl (C=O) groups excluding carboxylic acids is 3. The van der Waals surface area contributed by atoms with Gasteiger partial charge in [0.2, 0.25) is 0 Å². The smallest absolute Gasteiger partial charge is 0.306 e. The van der Waals surface area contributed by atoms with Crippen LogP contribution in [-0.4, -0.2) is 37.2 Å². The molecule has 0 saturated heterocycles. The van der Waals surface area contributed by atoms with Crippen molar-refractivity contribution in [1.29, 1.82) is 0 Å². The molecule has 0 aliphatic rings. The van der Waals surface area contributed by atoms with Crippen LogP contribution < -0.4 is 0 Å². The van der Waals surface area contributed by atoms with Crippen molar-refractivity contribution in [3.63, 3.8) is 0 Å². The Bertz CT molecular complexity index is 1250. The van der Waals surface area contributed by atoms with E-state index >= 15 is 0 Å². The van der Waals surface area contributed by atoms with Crippen molar-refractivity contribution in [2.24, 2.45) is 0 Å². The summed E-state index contributed by atoms with van der Waals surface area (Å²) in [6, 6.07) is 0. The summed E-state index contributed by atoms with van der Waals surface area (Å²) in [7, 11) is 0. The Morgan fingerprint density at radius 2 is 0.594 bits per heavy atom. The standard InChI is InChI=1S/C63H112O6/c1-4-7-10-13-16-19-22-24-25-26-27-28-29-30-31-32-33-34-35-36-37-38-39-40-42-44-47-50-53-56-62(65)68-59-60(58-67-61(64)55-52-49-46-43-21-18-15-12-9-6-3)69-63(66)57-54-51-48-45-41-23-20-17-14-11-8-5-2/h7,10,12,15-16,19,24-25,27-28,60H,4-6,8-9,11,13-14,17-18,20-23,26,29-59H2,1-3H3/b10-7-,15-12-,19-16-,25-24-,28-27-. The lowest BCUT2D eigenvalue weighted by molar-refractivity contribution is -0.167. The molecule has 1 atom stereocenters. The Labute approximate surface area is 428 Å². The number of rotatable bonds is 54. The third-order valence-electron chi connectivity index (χ3n) is 13.0. The van der Waals surface area contributed by atoms with E-state index < -0.39 is 6.10 Å². The van der Waals surface area contributed by atoms with Crippen molar-refractivity contribution in [2.45, 2.75) is 309 Å². The molecule has 69 heavy (non-hydrogen) atoms. The van der Waals surface area contributed by atoms with Crippen molar-refractivity contribution in [2.75, 3.05) is 13.2 Å². The Morgan fingerprint density at radius 1 is 0.304 bits per heavy atom. The highest BCUT2D eigenvalue weighted by molar-refractivity contribution is 5.71. The number of hydrogen-bond donors (Lipinski definition) is 0. The number of allylic oxidation sites excluding steroid dienone is 10. The van der Waals surface area contributed by atoms with Gasteiger partial charge in [-0.15, -0.1) is 0 Å². The lowest BCUT2D eigenvalue weighted by atomic mass is 10.0. The van der Waals surface area contributed by atoms with E-state index in [1.165, 1.54) is 167 Å². The zero-order valence-electron chi connectivity index (χ0n) is 45.8. The van der Waals surface area contributed by atoms with Gasteiger partial charge in [0.1, 0.15) is 13.2 Å². The first-order valence-corrected chi connectivity index (χ1v) is 29.8. The molecule has 400 valence electrons. The Morgan fingerprint density at radius 3 is 0.957 bits per heavy atom. The van der Waals surface area contributed by atoms with Crippen molar-refractivity contribution in [3.05, 3.63) is 60.8 Å². The van der Waals surface area contributed by atoms with Crippen molar-refractivity contribution in [1.82, 2.24) is 0 Å². The highest BCUT2D eigenvalue weighted by atomic mass is 16.6. The van der Waals surface area contributed by atoms with E-state index in [2.05, 4.69) is 81.5 Å². The summed E-state index contributed by atoms with van der Waals surface area (Å²) in [5.74, 6) is -0.872. The van der Waals surface area contributed by atoms with E-state index in [4.69, 9.17) is 14.2 Å². The summed E-state index contributed by atoms with van der Waals surface area (Å²) in [5, 5.41) is 0. The van der Waals surface area contributed by atoms with Crippen LogP contribution in [0.25, 0.3) is 0 Å². The molecule has 0 aromatic heterocycles. The maximum Gasteiger partial charge on any atom is 0.306 e. The first-order valence-electron chi connectivity index (χ1n) is 29.8. The largest absolute Gasteiger partial charge is 0.462 e. The number of carbonyl (C=O) groups is 3. The van der Waals surface area contributed by atoms with Gasteiger partial charge in [0.15, 0.2) is 6.10 Å². The normalized spacial score (nSPS) is 12.4. The van der Waals surface area contributed by atoms with Gasteiger partial charge in [-0.05, 0) is 77.0 Å². The van der Waals surface area contributed by atoms with E-state index in [-0.39, 0.29) is 31.1 Å². The zero-order valence-corrected chi connectivity index (χ0v) is 45.8. The molecule has 6 heteroatoms. The maximum atomic E-state index is 12.8. The summed E-state index contributed by atoms with van der Waals surface area (Å²) >= 11 is 0. The molecule has 0 aliphatic carbocycles. The summed E-state index contributed by atoms with van der Waals surface area (Å²) in [6.07, 6.45) is 72.4. The number of unbranched alkanes of at least 4 members (excludes halogenated alkanes) is 33. The Balaban J connectivity index is 4.09. The number of ether oxygens (including phenoxy) is 3. The van der Waals surface area contributed by atoms with Crippen LogP contribution in [0.1, 0.15) is 303 Å². The SMILES string of the molecule is CC/C=C\C/C=C\C/C=C\C/C=C\CCCCCCCCCCCCCCCCCCC(=O)OCC(COC(=O)CCCCCCC/C=C\CCC)OC(=O)CCCCCCCCCCCCCC. The van der Waals surface area contributed by atoms with E-state index in [0.717, 1.165) is 96.3 Å². The zero-order chi connectivity index (χ0) is 50.0. The topological polar surface area (TPSA) is 78.9 Å². The van der Waals surface area contributed by atoms with Gasteiger partial charge in [0.05, 0.1) is 0 Å². The van der Waals surface area contributed by atoms with Crippen LogP contribution in [0.15, 0.2) is 60.8 Å². The third-order valence-corrected chi connectivity index (χ3v) is 13.0. The molecular weight excluding hydrogens is 853 g/mol. The summed E-state index contributed by atoms with van der Waals surface area (Å²) in [6.45, 7) is 6.48. The molecule has 0 amide bonds. The predicted octanol–water partition coefficient (Wildman–Crippen LogP) is 20.0. The van der Waals surface area contributed by atoms with Gasteiger partial charge in [-0.3, -0.25) is 14.4 Å². The summed E-state index contributed by atoms with van der Waals surface area (Å²) in [5.41, 5.74) is 0. The average Bonchev–Trinajstić information content (AvgIpc) is 3.35. The molecule has 0 fully saturated rings. The van der Waals surface area contributed by atoms with Crippen LogP contribution >= 0.6 is 0 Å². The molecule has 0 aliphatic heterocycles. The minimum Gasteiger partial charge on any atom is -0.462 e. The average molecular weight is 966 g/mol. The van der Waals surface area contributed by atoms with Gasteiger partial charge in [-0.25, -0.2) is 0 Å². The molecule has 1 unspecified atom stereocenters. The lowest BCUT2D eigenvalue weighted by Gasteiger charge is -2.18. The first kappa shape index (κ1) is 66.1. The maximum absolute atomic E-state index is 12.8. The van der Waals surface area contributed by atoms with Crippen molar-refractivity contribution < 1.29 is 28.6 Å². The second-order valence-corrected chi connectivity index (χ2v) is 19.9. The monoisotopic (exact) mass is 965 g/mol. The molecule has 6 nitrogen and oxygen atoms in total. The third kappa shape index (κ3) is 55.9. The minimum absolute atomic E-state index is 0.0727. The molecular formula is C63H112O6. The molecule has 0 spiro atoms. The van der Waals surface area contributed by atoms with E-state index in [9.17, 15) is 14.4 Å². The molecule has 0 aromatic rings. The fourth-order valence-corrected chi connectivity index (χ4v) is 8.56. The van der Waals surface area contributed by atoms with Crippen LogP contribution in [-0.2, 0) is 28.6 Å². The second kappa shape index (κ2) is 57.7. The molecule has 0 N–H and O–H groups in total. The van der Waals surface area contributed by atoms with Crippen LogP contribution in [0.2, 0.25) is 0 Å². The van der Waals surface area contributed by atoms with E-state index in [1.54, 1.807) is 0 Å². The summed E-state index contributed by atoms with van der Waals surface area (Å²) < 4.78 is 16.8. The molecule has 0 heterocycles. The van der Waals surface area contributed by atoms with Gasteiger partial charge in [0.25, 0.3) is 0 Å². The molecule has 0 saturated carbocycles. The van der Waals surface area contributed by atoms with Crippen LogP contribution in [0.4, 0.5) is 0 Å². The van der Waals surface area contributed by atoms with Gasteiger partial charge in [-0.2, -0.15) is 0 Å². The predicted molar refractivity (Wildman–Crippen MR) is 298 cm³/mol. The van der Waals surface area contributed by atoms with Gasteiger partial charge in [0, 0.05) is 19.3 Å². The second-order valence-electron chi connectivity index (χ2n) is 19.9. The fourth-order valence-electron chi connectivity index (χ4n) is 8.56. The van der Waals surface area contributed by atoms with Crippen molar-refractivity contribution in [3.8, 4) is 0 Å². The lowest BCUT2D eigenvalue weighted by Crippen LogP contribution is -2.30. The van der Waals surface area contributed by atoms with Crippen LogP contribution in [0.3, 0.4) is 0 Å². The molecule has 0 bridgehead atoms. The van der Waals surface area contributed by atoms with E-state index in [1.807, 2.05) is 0 Å². The van der Waals surface area contributed by atoms with Crippen molar-refractivity contribution >= 4 is 17.9 Å².